The van der Waals surface area contributed by atoms with Crippen molar-refractivity contribution in [3.05, 3.63) is 60.2 Å². The number of benzene rings is 1. The minimum atomic E-state index is -0.342. The Labute approximate surface area is 111 Å². The molecule has 19 heavy (non-hydrogen) atoms. The highest BCUT2D eigenvalue weighted by atomic mass is 19.1. The van der Waals surface area contributed by atoms with Gasteiger partial charge < -0.3 is 4.90 Å². The third kappa shape index (κ3) is 3.78. The van der Waals surface area contributed by atoms with Gasteiger partial charge in [-0.3, -0.25) is 4.98 Å². The van der Waals surface area contributed by atoms with Gasteiger partial charge in [-0.25, -0.2) is 4.39 Å². The van der Waals surface area contributed by atoms with Gasteiger partial charge in [0.05, 0.1) is 18.7 Å². The second-order valence-corrected chi connectivity index (χ2v) is 4.18. The van der Waals surface area contributed by atoms with Gasteiger partial charge in [0.25, 0.3) is 0 Å². The summed E-state index contributed by atoms with van der Waals surface area (Å²) in [6.45, 7) is 1.15. The van der Waals surface area contributed by atoms with E-state index in [2.05, 4.69) is 11.1 Å². The van der Waals surface area contributed by atoms with Crippen molar-refractivity contribution in [1.82, 2.24) is 4.98 Å². The van der Waals surface area contributed by atoms with Gasteiger partial charge >= 0.3 is 0 Å². The van der Waals surface area contributed by atoms with E-state index in [1.807, 2.05) is 35.2 Å². The largest absolute Gasteiger partial charge is 0.366 e. The SMILES string of the molecule is N#CCCN(Cc1cncc(F)c1)c1ccccc1. The minimum absolute atomic E-state index is 0.342. The summed E-state index contributed by atoms with van der Waals surface area (Å²) in [7, 11) is 0. The molecule has 0 saturated heterocycles. The molecule has 1 heterocycles. The van der Waals surface area contributed by atoms with E-state index in [1.54, 1.807) is 6.20 Å². The van der Waals surface area contributed by atoms with E-state index in [4.69, 9.17) is 5.26 Å². The molecule has 1 aromatic carbocycles. The first-order chi connectivity index (χ1) is 9.29. The van der Waals surface area contributed by atoms with Crippen molar-refractivity contribution in [1.29, 1.82) is 5.26 Å². The number of halogens is 1. The Morgan fingerprint density at radius 3 is 2.68 bits per heavy atom. The molecule has 0 N–H and O–H groups in total. The number of hydrogen-bond donors (Lipinski definition) is 0. The highest BCUT2D eigenvalue weighted by molar-refractivity contribution is 5.46. The Morgan fingerprint density at radius 2 is 2.00 bits per heavy atom. The zero-order chi connectivity index (χ0) is 13.5. The summed E-state index contributed by atoms with van der Waals surface area (Å²) in [5.41, 5.74) is 1.81. The fraction of sp³-hybridized carbons (Fsp3) is 0.200. The molecular formula is C15H14FN3. The van der Waals surface area contributed by atoms with Crippen LogP contribution in [0, 0.1) is 17.1 Å². The Kier molecular flexibility index (Phi) is 4.46. The van der Waals surface area contributed by atoms with Crippen molar-refractivity contribution in [2.45, 2.75) is 13.0 Å². The second-order valence-electron chi connectivity index (χ2n) is 4.18. The first-order valence-electron chi connectivity index (χ1n) is 6.06. The van der Waals surface area contributed by atoms with Crippen molar-refractivity contribution in [3.63, 3.8) is 0 Å². The van der Waals surface area contributed by atoms with E-state index in [-0.39, 0.29) is 5.82 Å². The summed E-state index contributed by atoms with van der Waals surface area (Å²) >= 11 is 0. The predicted molar refractivity (Wildman–Crippen MR) is 71.9 cm³/mol. The lowest BCUT2D eigenvalue weighted by atomic mass is 10.2. The van der Waals surface area contributed by atoms with Crippen LogP contribution < -0.4 is 4.90 Å². The molecule has 1 aromatic heterocycles. The van der Waals surface area contributed by atoms with Gasteiger partial charge in [-0.2, -0.15) is 5.26 Å². The fourth-order valence-corrected chi connectivity index (χ4v) is 1.89. The van der Waals surface area contributed by atoms with E-state index in [0.29, 0.717) is 19.5 Å². The van der Waals surface area contributed by atoms with Crippen LogP contribution in [-0.2, 0) is 6.54 Å². The maximum Gasteiger partial charge on any atom is 0.141 e. The van der Waals surface area contributed by atoms with Crippen molar-refractivity contribution >= 4 is 5.69 Å². The summed E-state index contributed by atoms with van der Waals surface area (Å²) < 4.78 is 13.1. The molecule has 3 nitrogen and oxygen atoms in total. The van der Waals surface area contributed by atoms with Crippen molar-refractivity contribution in [2.24, 2.45) is 0 Å². The van der Waals surface area contributed by atoms with E-state index in [0.717, 1.165) is 11.3 Å². The predicted octanol–water partition coefficient (Wildman–Crippen LogP) is 3.14. The van der Waals surface area contributed by atoms with Crippen LogP contribution in [0.4, 0.5) is 10.1 Å². The number of rotatable bonds is 5. The summed E-state index contributed by atoms with van der Waals surface area (Å²) in [5.74, 6) is -0.342. The molecular weight excluding hydrogens is 241 g/mol. The normalized spacial score (nSPS) is 9.89. The van der Waals surface area contributed by atoms with Crippen LogP contribution in [-0.4, -0.2) is 11.5 Å². The molecule has 0 amide bonds. The molecule has 0 unspecified atom stereocenters. The smallest absolute Gasteiger partial charge is 0.141 e. The van der Waals surface area contributed by atoms with E-state index in [1.165, 1.54) is 12.3 Å². The molecule has 0 bridgehead atoms. The highest BCUT2D eigenvalue weighted by Crippen LogP contribution is 2.17. The van der Waals surface area contributed by atoms with Crippen LogP contribution in [0.5, 0.6) is 0 Å². The average molecular weight is 255 g/mol. The quantitative estimate of drug-likeness (QED) is 0.824. The van der Waals surface area contributed by atoms with Crippen LogP contribution in [0.3, 0.4) is 0 Å². The van der Waals surface area contributed by atoms with Gasteiger partial charge in [-0.15, -0.1) is 0 Å². The summed E-state index contributed by atoms with van der Waals surface area (Å²) in [4.78, 5) is 5.89. The topological polar surface area (TPSA) is 39.9 Å². The molecule has 0 atom stereocenters. The van der Waals surface area contributed by atoms with Crippen LogP contribution in [0.1, 0.15) is 12.0 Å². The zero-order valence-corrected chi connectivity index (χ0v) is 10.5. The standard InChI is InChI=1S/C15H14FN3/c16-14-9-13(10-18-11-14)12-19(8-4-7-17)15-5-2-1-3-6-15/h1-3,5-6,9-11H,4,8,12H2. The van der Waals surface area contributed by atoms with Gasteiger partial charge in [-0.05, 0) is 23.8 Å². The van der Waals surface area contributed by atoms with Gasteiger partial charge in [0.15, 0.2) is 0 Å². The van der Waals surface area contributed by atoms with Gasteiger partial charge in [0.2, 0.25) is 0 Å². The van der Waals surface area contributed by atoms with Crippen LogP contribution in [0.2, 0.25) is 0 Å². The van der Waals surface area contributed by atoms with Crippen LogP contribution in [0.25, 0.3) is 0 Å². The Bertz CT molecular complexity index is 563. The lowest BCUT2D eigenvalue weighted by Gasteiger charge is -2.23. The number of para-hydroxylation sites is 1. The Balaban J connectivity index is 2.17. The first kappa shape index (κ1) is 13.0. The molecule has 96 valence electrons. The molecule has 2 aromatic rings. The minimum Gasteiger partial charge on any atom is -0.366 e. The molecule has 0 aliphatic carbocycles. The number of aromatic nitrogens is 1. The maximum atomic E-state index is 13.1. The summed E-state index contributed by atoms with van der Waals surface area (Å²) in [6, 6.07) is 13.4. The lowest BCUT2D eigenvalue weighted by Crippen LogP contribution is -2.23. The fourth-order valence-electron chi connectivity index (χ4n) is 1.89. The first-order valence-corrected chi connectivity index (χ1v) is 6.06. The molecule has 0 aliphatic heterocycles. The maximum absolute atomic E-state index is 13.1. The second kappa shape index (κ2) is 6.50. The summed E-state index contributed by atoms with van der Waals surface area (Å²) in [5, 5.41) is 8.72. The number of anilines is 1. The Hall–Kier alpha value is -2.41. The number of hydrogen-bond acceptors (Lipinski definition) is 3. The van der Waals surface area contributed by atoms with Crippen molar-refractivity contribution in [2.75, 3.05) is 11.4 Å². The molecule has 0 saturated carbocycles. The molecule has 4 heteroatoms. The zero-order valence-electron chi connectivity index (χ0n) is 10.5. The lowest BCUT2D eigenvalue weighted by molar-refractivity contribution is 0.617. The third-order valence-corrected chi connectivity index (χ3v) is 2.75. The van der Waals surface area contributed by atoms with Gasteiger partial charge in [-0.1, -0.05) is 18.2 Å². The molecule has 0 radical (unpaired) electrons. The molecule has 0 spiro atoms. The summed E-state index contributed by atoms with van der Waals surface area (Å²) in [6.07, 6.45) is 3.26. The molecule has 0 fully saturated rings. The number of nitrogens with zero attached hydrogens (tertiary/aromatic N) is 3. The van der Waals surface area contributed by atoms with Crippen molar-refractivity contribution < 1.29 is 4.39 Å². The van der Waals surface area contributed by atoms with Gasteiger partial charge in [0.1, 0.15) is 5.82 Å². The molecule has 2 rings (SSSR count). The monoisotopic (exact) mass is 255 g/mol. The Morgan fingerprint density at radius 1 is 1.21 bits per heavy atom. The van der Waals surface area contributed by atoms with Crippen molar-refractivity contribution in [3.8, 4) is 6.07 Å². The average Bonchev–Trinajstić information content (AvgIpc) is 2.44. The van der Waals surface area contributed by atoms with Gasteiger partial charge in [0, 0.05) is 25.0 Å². The number of pyridine rings is 1. The van der Waals surface area contributed by atoms with E-state index >= 15 is 0 Å². The van der Waals surface area contributed by atoms with Crippen LogP contribution in [0.15, 0.2) is 48.8 Å². The van der Waals surface area contributed by atoms with Crippen LogP contribution >= 0.6 is 0 Å². The number of nitriles is 1. The van der Waals surface area contributed by atoms with E-state index in [9.17, 15) is 4.39 Å². The van der Waals surface area contributed by atoms with E-state index < -0.39 is 0 Å². The molecule has 0 aliphatic rings. The third-order valence-electron chi connectivity index (χ3n) is 2.75. The highest BCUT2D eigenvalue weighted by Gasteiger charge is 2.07.